The lowest BCUT2D eigenvalue weighted by Crippen LogP contribution is -1.93. The number of nitro groups is 1. The highest BCUT2D eigenvalue weighted by molar-refractivity contribution is 14.1. The molecule has 0 saturated carbocycles. The van der Waals surface area contributed by atoms with E-state index in [2.05, 4.69) is 12.6 Å². The van der Waals surface area contributed by atoms with Gasteiger partial charge in [0.05, 0.1) is 10.5 Å². The Morgan fingerprint density at radius 3 is 2.69 bits per heavy atom. The first-order chi connectivity index (χ1) is 6.07. The zero-order valence-corrected chi connectivity index (χ0v) is 9.24. The lowest BCUT2D eigenvalue weighted by Gasteiger charge is -1.99. The average molecular weight is 306 g/mol. The van der Waals surface area contributed by atoms with Crippen molar-refractivity contribution in [2.24, 2.45) is 0 Å². The molecule has 1 aromatic rings. The first-order valence-corrected chi connectivity index (χ1v) is 4.66. The number of nitrogens with zero attached hydrogens (tertiary/aromatic N) is 2. The van der Waals surface area contributed by atoms with E-state index in [0.29, 0.717) is 14.0 Å². The minimum Gasteiger partial charge on any atom is -0.258 e. The zero-order chi connectivity index (χ0) is 10.0. The fourth-order valence-electron chi connectivity index (χ4n) is 0.785. The molecule has 0 aromatic heterocycles. The van der Waals surface area contributed by atoms with Crippen LogP contribution in [-0.4, -0.2) is 4.92 Å². The van der Waals surface area contributed by atoms with Gasteiger partial charge >= 0.3 is 0 Å². The molecule has 66 valence electrons. The van der Waals surface area contributed by atoms with Gasteiger partial charge in [0.2, 0.25) is 0 Å². The summed E-state index contributed by atoms with van der Waals surface area (Å²) in [7, 11) is 0. The second kappa shape index (κ2) is 3.93. The van der Waals surface area contributed by atoms with E-state index in [9.17, 15) is 10.1 Å². The van der Waals surface area contributed by atoms with Gasteiger partial charge in [0.1, 0.15) is 9.64 Å². The van der Waals surface area contributed by atoms with E-state index in [0.717, 1.165) is 0 Å². The van der Waals surface area contributed by atoms with Crippen molar-refractivity contribution in [3.63, 3.8) is 0 Å². The second-order valence-electron chi connectivity index (χ2n) is 2.16. The lowest BCUT2D eigenvalue weighted by atomic mass is 10.2. The van der Waals surface area contributed by atoms with E-state index in [1.54, 1.807) is 22.6 Å². The van der Waals surface area contributed by atoms with Crippen LogP contribution in [0.5, 0.6) is 0 Å². The molecule has 0 amide bonds. The highest BCUT2D eigenvalue weighted by atomic mass is 127. The van der Waals surface area contributed by atoms with Gasteiger partial charge in [-0.1, -0.05) is 0 Å². The third-order valence-corrected chi connectivity index (χ3v) is 3.40. The van der Waals surface area contributed by atoms with Crippen LogP contribution >= 0.6 is 35.2 Å². The van der Waals surface area contributed by atoms with Crippen molar-refractivity contribution in [3.8, 4) is 6.07 Å². The third kappa shape index (κ3) is 1.92. The summed E-state index contributed by atoms with van der Waals surface area (Å²) in [6.45, 7) is 0. The molecule has 0 N–H and O–H groups in total. The van der Waals surface area contributed by atoms with Crippen LogP contribution in [0, 0.1) is 25.0 Å². The Bertz CT molecular complexity index is 414. The summed E-state index contributed by atoms with van der Waals surface area (Å²) in [6.07, 6.45) is 0. The monoisotopic (exact) mass is 306 g/mol. The standard InChI is InChI=1S/C7H3IN2O2S/c8-6-5(10(11)12)2-1-4(3-9)7(6)13/h1-2,13H. The number of benzene rings is 1. The van der Waals surface area contributed by atoms with Gasteiger partial charge in [0.25, 0.3) is 5.69 Å². The first kappa shape index (κ1) is 10.3. The normalized spacial score (nSPS) is 9.31. The van der Waals surface area contributed by atoms with Crippen LogP contribution in [0.4, 0.5) is 5.69 Å². The third-order valence-electron chi connectivity index (χ3n) is 1.41. The number of nitriles is 1. The van der Waals surface area contributed by atoms with Crippen LogP contribution in [0.1, 0.15) is 5.56 Å². The Morgan fingerprint density at radius 1 is 1.62 bits per heavy atom. The molecule has 0 aliphatic heterocycles. The smallest absolute Gasteiger partial charge is 0.258 e. The summed E-state index contributed by atoms with van der Waals surface area (Å²) in [5, 5.41) is 19.1. The summed E-state index contributed by atoms with van der Waals surface area (Å²) in [4.78, 5) is 10.3. The fourth-order valence-corrected chi connectivity index (χ4v) is 1.69. The van der Waals surface area contributed by atoms with Crippen molar-refractivity contribution in [1.29, 1.82) is 5.26 Å². The minimum absolute atomic E-state index is 0.0235. The van der Waals surface area contributed by atoms with Crippen molar-refractivity contribution >= 4 is 40.9 Å². The van der Waals surface area contributed by atoms with Crippen molar-refractivity contribution in [2.75, 3.05) is 0 Å². The van der Waals surface area contributed by atoms with Crippen LogP contribution in [0.3, 0.4) is 0 Å². The van der Waals surface area contributed by atoms with Crippen molar-refractivity contribution < 1.29 is 4.92 Å². The summed E-state index contributed by atoms with van der Waals surface area (Å²) in [5.41, 5.74) is 0.322. The SMILES string of the molecule is N#Cc1ccc([N+](=O)[O-])c(I)c1S. The van der Waals surface area contributed by atoms with Crippen LogP contribution in [0.2, 0.25) is 0 Å². The number of rotatable bonds is 1. The van der Waals surface area contributed by atoms with Gasteiger partial charge in [0.15, 0.2) is 0 Å². The van der Waals surface area contributed by atoms with E-state index < -0.39 is 4.92 Å². The molecule has 0 spiro atoms. The maximum absolute atomic E-state index is 10.5. The summed E-state index contributed by atoms with van der Waals surface area (Å²) < 4.78 is 0.394. The molecule has 0 aliphatic carbocycles. The molecule has 0 unspecified atom stereocenters. The Balaban J connectivity index is 3.42. The van der Waals surface area contributed by atoms with Gasteiger partial charge in [-0.15, -0.1) is 12.6 Å². The molecule has 1 rings (SSSR count). The van der Waals surface area contributed by atoms with Gasteiger partial charge in [-0.05, 0) is 28.7 Å². The average Bonchev–Trinajstić information content (AvgIpc) is 2.09. The summed E-state index contributed by atoms with van der Waals surface area (Å²) in [6, 6.07) is 4.60. The summed E-state index contributed by atoms with van der Waals surface area (Å²) in [5.74, 6) is 0. The lowest BCUT2D eigenvalue weighted by molar-refractivity contribution is -0.386. The molecule has 0 bridgehead atoms. The van der Waals surface area contributed by atoms with Gasteiger partial charge in [-0.2, -0.15) is 5.26 Å². The molecule has 0 saturated heterocycles. The molecule has 4 nitrogen and oxygen atoms in total. The molecule has 0 radical (unpaired) electrons. The van der Waals surface area contributed by atoms with Crippen molar-refractivity contribution in [2.45, 2.75) is 4.90 Å². The Kier molecular flexibility index (Phi) is 3.11. The van der Waals surface area contributed by atoms with E-state index >= 15 is 0 Å². The van der Waals surface area contributed by atoms with E-state index in [-0.39, 0.29) is 5.69 Å². The number of thiol groups is 1. The maximum Gasteiger partial charge on any atom is 0.283 e. The predicted octanol–water partition coefficient (Wildman–Crippen LogP) is 2.36. The number of halogens is 1. The fraction of sp³-hybridized carbons (Fsp3) is 0. The molecular weight excluding hydrogens is 303 g/mol. The van der Waals surface area contributed by atoms with E-state index in [4.69, 9.17) is 5.26 Å². The van der Waals surface area contributed by atoms with Crippen LogP contribution in [0.15, 0.2) is 17.0 Å². The first-order valence-electron chi connectivity index (χ1n) is 3.14. The van der Waals surface area contributed by atoms with E-state index in [1.807, 2.05) is 6.07 Å². The number of nitro benzene ring substituents is 1. The molecule has 0 heterocycles. The predicted molar refractivity (Wildman–Crippen MR) is 57.8 cm³/mol. The van der Waals surface area contributed by atoms with Crippen molar-refractivity contribution in [3.05, 3.63) is 31.4 Å². The molecule has 6 heteroatoms. The Morgan fingerprint density at radius 2 is 2.23 bits per heavy atom. The number of hydrogen-bond donors (Lipinski definition) is 1. The number of hydrogen-bond acceptors (Lipinski definition) is 4. The molecule has 0 atom stereocenters. The Labute approximate surface area is 93.3 Å². The quantitative estimate of drug-likeness (QED) is 0.375. The van der Waals surface area contributed by atoms with Gasteiger partial charge in [0, 0.05) is 11.0 Å². The molecule has 0 aliphatic rings. The van der Waals surface area contributed by atoms with Gasteiger partial charge in [-0.3, -0.25) is 10.1 Å². The van der Waals surface area contributed by atoms with Gasteiger partial charge in [-0.25, -0.2) is 0 Å². The second-order valence-corrected chi connectivity index (χ2v) is 3.69. The van der Waals surface area contributed by atoms with Gasteiger partial charge < -0.3 is 0 Å². The molecule has 1 aromatic carbocycles. The zero-order valence-electron chi connectivity index (χ0n) is 6.19. The van der Waals surface area contributed by atoms with Crippen molar-refractivity contribution in [1.82, 2.24) is 0 Å². The molecule has 0 fully saturated rings. The van der Waals surface area contributed by atoms with E-state index in [1.165, 1.54) is 12.1 Å². The molecule has 13 heavy (non-hydrogen) atoms. The largest absolute Gasteiger partial charge is 0.283 e. The Hall–Kier alpha value is -0.810. The van der Waals surface area contributed by atoms with Crippen LogP contribution in [-0.2, 0) is 0 Å². The molecular formula is C7H3IN2O2S. The van der Waals surface area contributed by atoms with Crippen LogP contribution < -0.4 is 0 Å². The summed E-state index contributed by atoms with van der Waals surface area (Å²) >= 11 is 5.82. The van der Waals surface area contributed by atoms with Crippen LogP contribution in [0.25, 0.3) is 0 Å². The maximum atomic E-state index is 10.5. The highest BCUT2D eigenvalue weighted by Crippen LogP contribution is 2.29. The topological polar surface area (TPSA) is 66.9 Å². The highest BCUT2D eigenvalue weighted by Gasteiger charge is 2.16. The minimum atomic E-state index is -0.497.